The predicted octanol–water partition coefficient (Wildman–Crippen LogP) is 4.76. The fraction of sp³-hybridized carbons (Fsp3) is 0.389. The Labute approximate surface area is 124 Å². The first-order chi connectivity index (χ1) is 9.81. The summed E-state index contributed by atoms with van der Waals surface area (Å²) in [6, 6.07) is 12.5. The third-order valence-electron chi connectivity index (χ3n) is 4.54. The summed E-state index contributed by atoms with van der Waals surface area (Å²) in [5.74, 6) is 0.437. The van der Waals surface area contributed by atoms with Crippen LogP contribution < -0.4 is 0 Å². The van der Waals surface area contributed by atoms with E-state index in [0.717, 1.165) is 19.3 Å². The van der Waals surface area contributed by atoms with Gasteiger partial charge in [-0.15, -0.1) is 0 Å². The van der Waals surface area contributed by atoms with Gasteiger partial charge in [0.2, 0.25) is 0 Å². The number of hydrogen-bond acceptors (Lipinski definition) is 2. The third-order valence-corrected chi connectivity index (χ3v) is 5.27. The highest BCUT2D eigenvalue weighted by Crippen LogP contribution is 2.42. The van der Waals surface area contributed by atoms with Gasteiger partial charge in [0.25, 0.3) is 0 Å². The normalized spacial score (nSPS) is 17.2. The molecule has 20 heavy (non-hydrogen) atoms. The van der Waals surface area contributed by atoms with Gasteiger partial charge in [-0.05, 0) is 47.2 Å². The van der Waals surface area contributed by atoms with E-state index in [1.165, 1.54) is 24.0 Å². The van der Waals surface area contributed by atoms with E-state index in [2.05, 4.69) is 41.1 Å². The maximum atomic E-state index is 12.9. The number of thiophene rings is 1. The molecular weight excluding hydrogens is 264 g/mol. The second-order valence-electron chi connectivity index (χ2n) is 5.71. The Morgan fingerprint density at radius 1 is 1.10 bits per heavy atom. The summed E-state index contributed by atoms with van der Waals surface area (Å²) in [4.78, 5) is 12.9. The highest BCUT2D eigenvalue weighted by Gasteiger charge is 2.41. The SMILES string of the molecule is O=C(CCc1ccsc1)C1(c2ccccc2)CCCC1. The molecule has 0 saturated heterocycles. The highest BCUT2D eigenvalue weighted by atomic mass is 32.1. The smallest absolute Gasteiger partial charge is 0.143 e. The van der Waals surface area contributed by atoms with Crippen molar-refractivity contribution in [1.82, 2.24) is 0 Å². The van der Waals surface area contributed by atoms with Gasteiger partial charge in [-0.3, -0.25) is 4.79 Å². The molecule has 0 N–H and O–H groups in total. The van der Waals surface area contributed by atoms with Gasteiger partial charge in [0, 0.05) is 6.42 Å². The third kappa shape index (κ3) is 2.57. The zero-order valence-corrected chi connectivity index (χ0v) is 12.5. The average Bonchev–Trinajstić information content (AvgIpc) is 3.18. The minimum Gasteiger partial charge on any atom is -0.299 e. The molecular formula is C18H20OS. The molecule has 0 spiro atoms. The first-order valence-corrected chi connectivity index (χ1v) is 8.35. The number of benzene rings is 1. The fourth-order valence-electron chi connectivity index (χ4n) is 3.40. The van der Waals surface area contributed by atoms with Gasteiger partial charge in [0.15, 0.2) is 0 Å². The first-order valence-electron chi connectivity index (χ1n) is 7.41. The Balaban J connectivity index is 1.78. The molecule has 1 aliphatic carbocycles. The van der Waals surface area contributed by atoms with E-state index in [1.54, 1.807) is 11.3 Å². The number of aryl methyl sites for hydroxylation is 1. The minimum absolute atomic E-state index is 0.197. The number of carbonyl (C=O) groups is 1. The lowest BCUT2D eigenvalue weighted by atomic mass is 9.74. The van der Waals surface area contributed by atoms with Crippen LogP contribution in [-0.4, -0.2) is 5.78 Å². The maximum Gasteiger partial charge on any atom is 0.143 e. The van der Waals surface area contributed by atoms with Crippen LogP contribution in [0.4, 0.5) is 0 Å². The van der Waals surface area contributed by atoms with Crippen LogP contribution in [0.3, 0.4) is 0 Å². The lowest BCUT2D eigenvalue weighted by Crippen LogP contribution is -2.33. The van der Waals surface area contributed by atoms with Crippen molar-refractivity contribution >= 4 is 17.1 Å². The van der Waals surface area contributed by atoms with Crippen LogP contribution in [0.25, 0.3) is 0 Å². The van der Waals surface area contributed by atoms with Crippen LogP contribution in [-0.2, 0) is 16.6 Å². The Bertz CT molecular complexity index is 550. The number of Topliss-reactive ketones (excluding diaryl/α,β-unsaturated/α-hetero) is 1. The summed E-state index contributed by atoms with van der Waals surface area (Å²) in [6.07, 6.45) is 5.97. The number of ketones is 1. The molecule has 0 aliphatic heterocycles. The summed E-state index contributed by atoms with van der Waals surface area (Å²) in [5.41, 5.74) is 2.33. The molecule has 0 amide bonds. The highest BCUT2D eigenvalue weighted by molar-refractivity contribution is 7.07. The molecule has 0 atom stereocenters. The van der Waals surface area contributed by atoms with E-state index in [9.17, 15) is 4.79 Å². The zero-order valence-electron chi connectivity index (χ0n) is 11.7. The average molecular weight is 284 g/mol. The topological polar surface area (TPSA) is 17.1 Å². The summed E-state index contributed by atoms with van der Waals surface area (Å²) in [6.45, 7) is 0. The van der Waals surface area contributed by atoms with Gasteiger partial charge in [0.1, 0.15) is 5.78 Å². The monoisotopic (exact) mass is 284 g/mol. The van der Waals surface area contributed by atoms with Crippen molar-refractivity contribution in [2.75, 3.05) is 0 Å². The van der Waals surface area contributed by atoms with Crippen molar-refractivity contribution in [3.63, 3.8) is 0 Å². The summed E-state index contributed by atoms with van der Waals surface area (Å²) in [5, 5.41) is 4.24. The van der Waals surface area contributed by atoms with Crippen molar-refractivity contribution < 1.29 is 4.79 Å². The Kier molecular flexibility index (Phi) is 4.02. The summed E-state index contributed by atoms with van der Waals surface area (Å²) >= 11 is 1.71. The molecule has 1 aliphatic rings. The molecule has 0 unspecified atom stereocenters. The fourth-order valence-corrected chi connectivity index (χ4v) is 4.10. The first kappa shape index (κ1) is 13.6. The molecule has 1 aromatic carbocycles. The van der Waals surface area contributed by atoms with Crippen molar-refractivity contribution in [1.29, 1.82) is 0 Å². The molecule has 3 rings (SSSR count). The van der Waals surface area contributed by atoms with Crippen LogP contribution in [0.5, 0.6) is 0 Å². The number of carbonyl (C=O) groups excluding carboxylic acids is 1. The van der Waals surface area contributed by atoms with Crippen LogP contribution in [0, 0.1) is 0 Å². The van der Waals surface area contributed by atoms with Crippen LogP contribution in [0.2, 0.25) is 0 Å². The molecule has 1 nitrogen and oxygen atoms in total. The molecule has 1 saturated carbocycles. The largest absolute Gasteiger partial charge is 0.299 e. The molecule has 104 valence electrons. The van der Waals surface area contributed by atoms with Gasteiger partial charge in [-0.1, -0.05) is 43.2 Å². The minimum atomic E-state index is -0.197. The Morgan fingerprint density at radius 3 is 2.50 bits per heavy atom. The predicted molar refractivity (Wildman–Crippen MR) is 84.2 cm³/mol. The van der Waals surface area contributed by atoms with E-state index in [1.807, 2.05) is 6.07 Å². The maximum absolute atomic E-state index is 12.9. The number of hydrogen-bond donors (Lipinski definition) is 0. The van der Waals surface area contributed by atoms with Gasteiger partial charge in [0.05, 0.1) is 5.41 Å². The lowest BCUT2D eigenvalue weighted by Gasteiger charge is -2.28. The van der Waals surface area contributed by atoms with Gasteiger partial charge in [-0.25, -0.2) is 0 Å². The zero-order chi connectivity index (χ0) is 13.8. The van der Waals surface area contributed by atoms with Gasteiger partial charge in [-0.2, -0.15) is 11.3 Å². The molecule has 1 aromatic heterocycles. The summed E-state index contributed by atoms with van der Waals surface area (Å²) in [7, 11) is 0. The molecule has 2 heteroatoms. The van der Waals surface area contributed by atoms with E-state index in [0.29, 0.717) is 12.2 Å². The van der Waals surface area contributed by atoms with Crippen molar-refractivity contribution in [2.24, 2.45) is 0 Å². The van der Waals surface area contributed by atoms with Crippen molar-refractivity contribution in [3.8, 4) is 0 Å². The standard InChI is InChI=1S/C18H20OS/c19-17(9-8-15-10-13-20-14-15)18(11-4-5-12-18)16-6-2-1-3-7-16/h1-3,6-7,10,13-14H,4-5,8-9,11-12H2. The quantitative estimate of drug-likeness (QED) is 0.773. The molecule has 0 radical (unpaired) electrons. The molecule has 1 fully saturated rings. The van der Waals surface area contributed by atoms with E-state index < -0.39 is 0 Å². The Hall–Kier alpha value is -1.41. The second kappa shape index (κ2) is 5.92. The van der Waals surface area contributed by atoms with Gasteiger partial charge >= 0.3 is 0 Å². The molecule has 1 heterocycles. The van der Waals surface area contributed by atoms with Crippen LogP contribution in [0.1, 0.15) is 43.2 Å². The Morgan fingerprint density at radius 2 is 1.85 bits per heavy atom. The molecule has 0 bridgehead atoms. The van der Waals surface area contributed by atoms with Gasteiger partial charge < -0.3 is 0 Å². The van der Waals surface area contributed by atoms with Crippen LogP contribution >= 0.6 is 11.3 Å². The van der Waals surface area contributed by atoms with Crippen molar-refractivity contribution in [2.45, 2.75) is 43.9 Å². The van der Waals surface area contributed by atoms with Crippen LogP contribution in [0.15, 0.2) is 47.2 Å². The lowest BCUT2D eigenvalue weighted by molar-refractivity contribution is -0.124. The molecule has 2 aromatic rings. The number of rotatable bonds is 5. The van der Waals surface area contributed by atoms with E-state index in [4.69, 9.17) is 0 Å². The summed E-state index contributed by atoms with van der Waals surface area (Å²) < 4.78 is 0. The van der Waals surface area contributed by atoms with Crippen molar-refractivity contribution in [3.05, 3.63) is 58.3 Å². The van der Waals surface area contributed by atoms with E-state index in [-0.39, 0.29) is 5.41 Å². The second-order valence-corrected chi connectivity index (χ2v) is 6.49. The van der Waals surface area contributed by atoms with E-state index >= 15 is 0 Å².